The predicted octanol–water partition coefficient (Wildman–Crippen LogP) is 4.51. The Balaban J connectivity index is 1.46. The number of likely N-dealkylation sites (tertiary alicyclic amines) is 1. The van der Waals surface area contributed by atoms with Crippen molar-refractivity contribution in [3.05, 3.63) is 70.9 Å². The number of carbonyl (C=O) groups is 1. The monoisotopic (exact) mass is 428 g/mol. The van der Waals surface area contributed by atoms with Crippen molar-refractivity contribution < 1.29 is 19.1 Å². The van der Waals surface area contributed by atoms with Crippen LogP contribution >= 0.6 is 11.6 Å². The van der Waals surface area contributed by atoms with E-state index in [1.54, 1.807) is 24.3 Å². The molecular formula is C23H25ClN2O4. The number of nitrogens with zero attached hydrogens (tertiary/aromatic N) is 1. The first-order valence-electron chi connectivity index (χ1n) is 10.1. The molecule has 0 radical (unpaired) electrons. The number of hydrogen-bond donors (Lipinski definition) is 2. The Morgan fingerprint density at radius 1 is 1.17 bits per heavy atom. The quantitative estimate of drug-likeness (QED) is 0.579. The summed E-state index contributed by atoms with van der Waals surface area (Å²) in [6.45, 7) is 2.57. The van der Waals surface area contributed by atoms with Gasteiger partial charge in [0.15, 0.2) is 0 Å². The highest BCUT2D eigenvalue weighted by Crippen LogP contribution is 2.28. The minimum atomic E-state index is -1.01. The molecule has 158 valence electrons. The zero-order chi connectivity index (χ0) is 20.9. The van der Waals surface area contributed by atoms with Crippen LogP contribution in [0.4, 0.5) is 4.79 Å². The van der Waals surface area contributed by atoms with Crippen LogP contribution in [0.1, 0.15) is 30.3 Å². The molecule has 1 fully saturated rings. The molecule has 1 amide bonds. The van der Waals surface area contributed by atoms with Gasteiger partial charge in [-0.3, -0.25) is 0 Å². The first-order chi connectivity index (χ1) is 14.6. The maximum Gasteiger partial charge on any atom is 0.407 e. The first-order valence-corrected chi connectivity index (χ1v) is 10.5. The molecule has 0 aliphatic carbocycles. The molecule has 30 heavy (non-hydrogen) atoms. The second-order valence-corrected chi connectivity index (χ2v) is 8.03. The molecule has 0 spiro atoms. The highest BCUT2D eigenvalue weighted by molar-refractivity contribution is 6.31. The number of aliphatic hydroxyl groups excluding tert-OH is 1. The number of fused-ring (bicyclic) bond motifs is 1. The number of aliphatic hydroxyl groups is 1. The topological polar surface area (TPSA) is 74.9 Å². The van der Waals surface area contributed by atoms with E-state index in [1.165, 1.54) is 0 Å². The lowest BCUT2D eigenvalue weighted by Crippen LogP contribution is -2.46. The van der Waals surface area contributed by atoms with Gasteiger partial charge in [-0.05, 0) is 55.8 Å². The van der Waals surface area contributed by atoms with E-state index in [1.807, 2.05) is 30.3 Å². The third-order valence-electron chi connectivity index (χ3n) is 5.34. The fourth-order valence-corrected chi connectivity index (χ4v) is 3.94. The van der Waals surface area contributed by atoms with E-state index in [0.717, 1.165) is 36.9 Å². The zero-order valence-electron chi connectivity index (χ0n) is 16.6. The van der Waals surface area contributed by atoms with E-state index in [-0.39, 0.29) is 6.61 Å². The molecule has 1 aliphatic rings. The minimum Gasteiger partial charge on any atom is -0.458 e. The molecule has 0 saturated carbocycles. The fraction of sp³-hybridized carbons (Fsp3) is 0.348. The van der Waals surface area contributed by atoms with Gasteiger partial charge >= 0.3 is 6.09 Å². The van der Waals surface area contributed by atoms with Crippen LogP contribution in [0.15, 0.2) is 59.0 Å². The number of rotatable bonds is 7. The first kappa shape index (κ1) is 20.7. The zero-order valence-corrected chi connectivity index (χ0v) is 17.3. The van der Waals surface area contributed by atoms with Gasteiger partial charge in [-0.2, -0.15) is 0 Å². The Kier molecular flexibility index (Phi) is 6.57. The van der Waals surface area contributed by atoms with Crippen LogP contribution in [0.2, 0.25) is 5.02 Å². The molecule has 1 aromatic heterocycles. The highest BCUT2D eigenvalue weighted by Gasteiger charge is 2.29. The number of halogens is 1. The number of furan rings is 1. The average molecular weight is 429 g/mol. The molecule has 1 aliphatic heterocycles. The summed E-state index contributed by atoms with van der Waals surface area (Å²) >= 11 is 6.05. The van der Waals surface area contributed by atoms with Crippen molar-refractivity contribution in [2.75, 3.05) is 19.6 Å². The lowest BCUT2D eigenvalue weighted by atomic mass is 10.1. The van der Waals surface area contributed by atoms with Gasteiger partial charge in [0.25, 0.3) is 0 Å². The van der Waals surface area contributed by atoms with Crippen LogP contribution in [-0.4, -0.2) is 41.8 Å². The van der Waals surface area contributed by atoms with Gasteiger partial charge in [-0.1, -0.05) is 41.9 Å². The van der Waals surface area contributed by atoms with E-state index >= 15 is 0 Å². The fourth-order valence-electron chi connectivity index (χ4n) is 3.76. The summed E-state index contributed by atoms with van der Waals surface area (Å²) in [4.78, 5) is 14.7. The lowest BCUT2D eigenvalue weighted by molar-refractivity contribution is 0.0763. The van der Waals surface area contributed by atoms with Crippen molar-refractivity contribution in [2.45, 2.75) is 31.6 Å². The third-order valence-corrected chi connectivity index (χ3v) is 5.57. The smallest absolute Gasteiger partial charge is 0.407 e. The largest absolute Gasteiger partial charge is 0.458 e. The van der Waals surface area contributed by atoms with Gasteiger partial charge in [0.05, 0.1) is 6.04 Å². The van der Waals surface area contributed by atoms with Gasteiger partial charge in [0.2, 0.25) is 0 Å². The van der Waals surface area contributed by atoms with E-state index in [0.29, 0.717) is 22.9 Å². The van der Waals surface area contributed by atoms with Crippen molar-refractivity contribution in [1.82, 2.24) is 10.2 Å². The van der Waals surface area contributed by atoms with Crippen LogP contribution in [0.25, 0.3) is 11.0 Å². The van der Waals surface area contributed by atoms with Crippen molar-refractivity contribution in [2.24, 2.45) is 0 Å². The number of hydrogen-bond acceptors (Lipinski definition) is 5. The Bertz CT molecular complexity index is 985. The molecular weight excluding hydrogens is 404 g/mol. The Labute approximate surface area is 180 Å². The van der Waals surface area contributed by atoms with Gasteiger partial charge in [-0.25, -0.2) is 4.79 Å². The molecule has 2 heterocycles. The van der Waals surface area contributed by atoms with Crippen LogP contribution in [0.5, 0.6) is 0 Å². The van der Waals surface area contributed by atoms with E-state index in [2.05, 4.69) is 10.2 Å². The van der Waals surface area contributed by atoms with E-state index in [9.17, 15) is 9.90 Å². The number of amides is 1. The van der Waals surface area contributed by atoms with Gasteiger partial charge in [0.1, 0.15) is 24.1 Å². The van der Waals surface area contributed by atoms with Crippen molar-refractivity contribution in [3.63, 3.8) is 0 Å². The van der Waals surface area contributed by atoms with Crippen LogP contribution < -0.4 is 5.32 Å². The molecule has 1 unspecified atom stereocenters. The highest BCUT2D eigenvalue weighted by atomic mass is 35.5. The minimum absolute atomic E-state index is 0.169. The summed E-state index contributed by atoms with van der Waals surface area (Å²) in [6, 6.07) is 16.0. The SMILES string of the molecule is O=C(N[C@H](CN1CCCC1)C(O)c1cc2cc(Cl)ccc2o1)OCc1ccccc1. The number of nitrogens with one attached hydrogen (secondary N) is 1. The number of carbonyl (C=O) groups excluding carboxylic acids is 1. The maximum absolute atomic E-state index is 12.4. The third kappa shape index (κ3) is 5.14. The molecule has 2 N–H and O–H groups in total. The van der Waals surface area contributed by atoms with Crippen LogP contribution in [0, 0.1) is 0 Å². The summed E-state index contributed by atoms with van der Waals surface area (Å²) in [6.07, 6.45) is 0.650. The van der Waals surface area contributed by atoms with E-state index in [4.69, 9.17) is 20.8 Å². The Morgan fingerprint density at radius 2 is 1.93 bits per heavy atom. The van der Waals surface area contributed by atoms with Gasteiger partial charge in [0, 0.05) is 17.0 Å². The maximum atomic E-state index is 12.4. The van der Waals surface area contributed by atoms with Gasteiger partial charge in [-0.15, -0.1) is 0 Å². The summed E-state index contributed by atoms with van der Waals surface area (Å²) < 4.78 is 11.2. The van der Waals surface area contributed by atoms with Crippen molar-refractivity contribution >= 4 is 28.7 Å². The van der Waals surface area contributed by atoms with Crippen molar-refractivity contribution in [1.29, 1.82) is 0 Å². The normalized spacial score (nSPS) is 16.5. The summed E-state index contributed by atoms with van der Waals surface area (Å²) in [5.41, 5.74) is 1.54. The summed E-state index contributed by atoms with van der Waals surface area (Å²) in [7, 11) is 0. The summed E-state index contributed by atoms with van der Waals surface area (Å²) in [5.74, 6) is 0.389. The number of benzene rings is 2. The number of alkyl carbamates (subject to hydrolysis) is 1. The van der Waals surface area contributed by atoms with E-state index < -0.39 is 18.2 Å². The lowest BCUT2D eigenvalue weighted by Gasteiger charge is -2.27. The summed E-state index contributed by atoms with van der Waals surface area (Å²) in [5, 5.41) is 15.3. The molecule has 1 saturated heterocycles. The van der Waals surface area contributed by atoms with Gasteiger partial charge < -0.3 is 24.5 Å². The second kappa shape index (κ2) is 9.51. The standard InChI is InChI=1S/C23H25ClN2O4/c24-18-8-9-20-17(12-18)13-21(30-20)22(27)19(14-26-10-4-5-11-26)25-23(28)29-15-16-6-2-1-3-7-16/h1-3,6-9,12-13,19,22,27H,4-5,10-11,14-15H2,(H,25,28)/t19-,22?/m1/s1. The molecule has 7 heteroatoms. The molecule has 4 rings (SSSR count). The molecule has 3 aromatic rings. The molecule has 2 aromatic carbocycles. The molecule has 0 bridgehead atoms. The molecule has 2 atom stereocenters. The Morgan fingerprint density at radius 3 is 2.70 bits per heavy atom. The van der Waals surface area contributed by atoms with Crippen LogP contribution in [-0.2, 0) is 11.3 Å². The number of ether oxygens (including phenoxy) is 1. The van der Waals surface area contributed by atoms with Crippen molar-refractivity contribution in [3.8, 4) is 0 Å². The second-order valence-electron chi connectivity index (χ2n) is 7.60. The average Bonchev–Trinajstić information content (AvgIpc) is 3.41. The Hall–Kier alpha value is -2.54. The van der Waals surface area contributed by atoms with Crippen LogP contribution in [0.3, 0.4) is 0 Å². The molecule has 6 nitrogen and oxygen atoms in total. The predicted molar refractivity (Wildman–Crippen MR) is 115 cm³/mol.